The molecule has 0 fully saturated rings. The van der Waals surface area contributed by atoms with Crippen molar-refractivity contribution < 1.29 is 13.2 Å². The molecule has 2 heterocycles. The summed E-state index contributed by atoms with van der Waals surface area (Å²) in [6.45, 7) is 7.57. The van der Waals surface area contributed by atoms with E-state index in [9.17, 15) is 13.2 Å². The number of hydrogen-bond donors (Lipinski definition) is 0. The lowest BCUT2D eigenvalue weighted by atomic mass is 10.1. The van der Waals surface area contributed by atoms with Crippen molar-refractivity contribution in [2.45, 2.75) is 53.0 Å². The Bertz CT molecular complexity index is 1190. The summed E-state index contributed by atoms with van der Waals surface area (Å²) in [6.07, 6.45) is -3.65. The molecule has 172 valence electrons. The van der Waals surface area contributed by atoms with E-state index in [0.717, 1.165) is 40.9 Å². The van der Waals surface area contributed by atoms with Gasteiger partial charge in [0.1, 0.15) is 5.69 Å². The summed E-state index contributed by atoms with van der Waals surface area (Å²) >= 11 is 0. The molecule has 0 amide bonds. The molecule has 0 aliphatic rings. The van der Waals surface area contributed by atoms with Crippen LogP contribution in [-0.4, -0.2) is 9.55 Å². The number of nitrogens with zero attached hydrogens (tertiary/aromatic N) is 3. The highest BCUT2D eigenvalue weighted by atomic mass is 19.4. The first-order valence-corrected chi connectivity index (χ1v) is 11.2. The van der Waals surface area contributed by atoms with Gasteiger partial charge < -0.3 is 9.47 Å². The van der Waals surface area contributed by atoms with E-state index in [1.54, 1.807) is 0 Å². The molecule has 0 saturated heterocycles. The van der Waals surface area contributed by atoms with Gasteiger partial charge in [-0.2, -0.15) is 13.2 Å². The van der Waals surface area contributed by atoms with Gasteiger partial charge in [0, 0.05) is 30.7 Å². The number of alkyl halides is 3. The van der Waals surface area contributed by atoms with E-state index in [2.05, 4.69) is 16.5 Å². The second kappa shape index (κ2) is 9.30. The maximum atomic E-state index is 13.9. The van der Waals surface area contributed by atoms with Crippen molar-refractivity contribution in [2.75, 3.05) is 4.90 Å². The van der Waals surface area contributed by atoms with Crippen LogP contribution in [0.5, 0.6) is 0 Å². The number of benzene rings is 2. The van der Waals surface area contributed by atoms with Crippen LogP contribution < -0.4 is 4.90 Å². The summed E-state index contributed by atoms with van der Waals surface area (Å²) in [4.78, 5) is 6.21. The Balaban J connectivity index is 1.97. The van der Waals surface area contributed by atoms with Crippen LogP contribution in [0.4, 0.5) is 19.0 Å². The lowest BCUT2D eigenvalue weighted by molar-refractivity contribution is -0.141. The predicted octanol–water partition coefficient (Wildman–Crippen LogP) is 7.29. The molecule has 33 heavy (non-hydrogen) atoms. The molecule has 0 radical (unpaired) electrons. The first kappa shape index (κ1) is 22.9. The summed E-state index contributed by atoms with van der Waals surface area (Å²) < 4.78 is 43.9. The van der Waals surface area contributed by atoms with Crippen LogP contribution in [0.2, 0.25) is 0 Å². The van der Waals surface area contributed by atoms with E-state index >= 15 is 0 Å². The number of anilines is 1. The van der Waals surface area contributed by atoms with Crippen molar-refractivity contribution in [1.82, 2.24) is 9.55 Å². The summed E-state index contributed by atoms with van der Waals surface area (Å²) in [6, 6.07) is 20.8. The molecule has 4 aromatic rings. The fourth-order valence-electron chi connectivity index (χ4n) is 4.32. The van der Waals surface area contributed by atoms with Crippen LogP contribution in [0.15, 0.2) is 66.7 Å². The zero-order valence-electron chi connectivity index (χ0n) is 19.2. The van der Waals surface area contributed by atoms with Crippen LogP contribution >= 0.6 is 0 Å². The van der Waals surface area contributed by atoms with Gasteiger partial charge in [0.05, 0.1) is 5.52 Å². The van der Waals surface area contributed by atoms with Crippen molar-refractivity contribution in [1.29, 1.82) is 0 Å². The summed E-state index contributed by atoms with van der Waals surface area (Å²) in [5, 5.41) is 0.615. The molecule has 3 nitrogen and oxygen atoms in total. The molecule has 2 aromatic carbocycles. The predicted molar refractivity (Wildman–Crippen MR) is 127 cm³/mol. The minimum Gasteiger partial charge on any atom is -0.346 e. The number of fused-ring (bicyclic) bond motifs is 1. The molecule has 6 heteroatoms. The van der Waals surface area contributed by atoms with Crippen LogP contribution in [0.25, 0.3) is 10.9 Å². The Morgan fingerprint density at radius 3 is 1.91 bits per heavy atom. The highest BCUT2D eigenvalue weighted by Crippen LogP contribution is 2.38. The standard InChI is InChI=1S/C27H28F3N3/c1-4-15-33-20(3)19(2)23-16-24(27(28,29)30)31-26(25(23)33)32(17-21-11-7-5-8-12-21)18-22-13-9-6-10-14-22/h5-14,16H,4,15,17-18H2,1-3H3. The fourth-order valence-corrected chi connectivity index (χ4v) is 4.32. The van der Waals surface area contributed by atoms with Crippen molar-refractivity contribution in [3.8, 4) is 0 Å². The maximum absolute atomic E-state index is 13.9. The molecular formula is C27H28F3N3. The van der Waals surface area contributed by atoms with Crippen molar-refractivity contribution in [3.05, 3.63) is 94.8 Å². The molecule has 0 N–H and O–H groups in total. The largest absolute Gasteiger partial charge is 0.433 e. The molecule has 0 unspecified atom stereocenters. The summed E-state index contributed by atoms with van der Waals surface area (Å²) in [5.74, 6) is 0.372. The SMILES string of the molecule is CCCn1c(C)c(C)c2cc(C(F)(F)F)nc(N(Cc3ccccc3)Cc3ccccc3)c21. The molecule has 0 aliphatic heterocycles. The van der Waals surface area contributed by atoms with E-state index in [0.29, 0.717) is 24.3 Å². The maximum Gasteiger partial charge on any atom is 0.433 e. The number of halogens is 3. The highest BCUT2D eigenvalue weighted by Gasteiger charge is 2.35. The van der Waals surface area contributed by atoms with E-state index in [-0.39, 0.29) is 0 Å². The van der Waals surface area contributed by atoms with Crippen LogP contribution in [0, 0.1) is 13.8 Å². The Hall–Kier alpha value is -3.28. The van der Waals surface area contributed by atoms with Crippen LogP contribution in [0.3, 0.4) is 0 Å². The molecule has 0 atom stereocenters. The minimum absolute atomic E-state index is 0.372. The number of aromatic nitrogens is 2. The Labute approximate surface area is 192 Å². The average Bonchev–Trinajstić information content (AvgIpc) is 3.04. The Morgan fingerprint density at radius 2 is 1.42 bits per heavy atom. The van der Waals surface area contributed by atoms with Crippen LogP contribution in [0.1, 0.15) is 41.4 Å². The molecule has 0 bridgehead atoms. The van der Waals surface area contributed by atoms with E-state index in [1.165, 1.54) is 6.07 Å². The normalized spacial score (nSPS) is 11.8. The third-order valence-corrected chi connectivity index (χ3v) is 6.07. The first-order chi connectivity index (χ1) is 15.8. The smallest absolute Gasteiger partial charge is 0.346 e. The summed E-state index contributed by atoms with van der Waals surface area (Å²) in [7, 11) is 0. The van der Waals surface area contributed by atoms with E-state index < -0.39 is 11.9 Å². The molecule has 0 spiro atoms. The quantitative estimate of drug-likeness (QED) is 0.294. The molecule has 2 aromatic heterocycles. The van der Waals surface area contributed by atoms with Gasteiger partial charge in [-0.25, -0.2) is 4.98 Å². The summed E-state index contributed by atoms with van der Waals surface area (Å²) in [5.41, 5.74) is 3.80. The molecule has 4 rings (SSSR count). The highest BCUT2D eigenvalue weighted by molar-refractivity contribution is 5.94. The second-order valence-electron chi connectivity index (χ2n) is 8.41. The van der Waals surface area contributed by atoms with Gasteiger partial charge >= 0.3 is 6.18 Å². The lowest BCUT2D eigenvalue weighted by Crippen LogP contribution is -2.25. The zero-order chi connectivity index (χ0) is 23.6. The Morgan fingerprint density at radius 1 is 0.879 bits per heavy atom. The lowest BCUT2D eigenvalue weighted by Gasteiger charge is -2.27. The van der Waals surface area contributed by atoms with Gasteiger partial charge in [-0.15, -0.1) is 0 Å². The number of rotatable bonds is 7. The first-order valence-electron chi connectivity index (χ1n) is 11.2. The van der Waals surface area contributed by atoms with Crippen molar-refractivity contribution in [3.63, 3.8) is 0 Å². The van der Waals surface area contributed by atoms with Gasteiger partial charge in [0.25, 0.3) is 0 Å². The fraction of sp³-hybridized carbons (Fsp3) is 0.296. The van der Waals surface area contributed by atoms with Gasteiger partial charge in [-0.1, -0.05) is 67.6 Å². The van der Waals surface area contributed by atoms with E-state index in [4.69, 9.17) is 0 Å². The van der Waals surface area contributed by atoms with E-state index in [1.807, 2.05) is 79.4 Å². The minimum atomic E-state index is -4.53. The Kier molecular flexibility index (Phi) is 6.45. The van der Waals surface area contributed by atoms with Crippen molar-refractivity contribution in [2.24, 2.45) is 0 Å². The van der Waals surface area contributed by atoms with Gasteiger partial charge in [-0.3, -0.25) is 0 Å². The molecular weight excluding hydrogens is 423 g/mol. The number of pyridine rings is 1. The topological polar surface area (TPSA) is 21.1 Å². The molecule has 0 saturated carbocycles. The molecule has 0 aliphatic carbocycles. The van der Waals surface area contributed by atoms with Crippen LogP contribution in [-0.2, 0) is 25.8 Å². The van der Waals surface area contributed by atoms with Gasteiger partial charge in [0.15, 0.2) is 5.82 Å². The van der Waals surface area contributed by atoms with Gasteiger partial charge in [-0.05, 0) is 43.0 Å². The van der Waals surface area contributed by atoms with Gasteiger partial charge in [0.2, 0.25) is 0 Å². The average molecular weight is 452 g/mol. The third-order valence-electron chi connectivity index (χ3n) is 6.07. The zero-order valence-corrected chi connectivity index (χ0v) is 19.2. The monoisotopic (exact) mass is 451 g/mol. The second-order valence-corrected chi connectivity index (χ2v) is 8.41. The third kappa shape index (κ3) is 4.75. The number of aryl methyl sites for hydroxylation is 2. The number of hydrogen-bond acceptors (Lipinski definition) is 2. The van der Waals surface area contributed by atoms with Crippen molar-refractivity contribution >= 4 is 16.7 Å².